The maximum Gasteiger partial charge on any atom is 0.251 e. The van der Waals surface area contributed by atoms with E-state index in [0.29, 0.717) is 18.2 Å². The fourth-order valence-electron chi connectivity index (χ4n) is 2.10. The highest BCUT2D eigenvalue weighted by atomic mass is 35.5. The lowest BCUT2D eigenvalue weighted by atomic mass is 10.1. The Labute approximate surface area is 123 Å². The lowest BCUT2D eigenvalue weighted by Crippen LogP contribution is -2.30. The van der Waals surface area contributed by atoms with Crippen LogP contribution in [0.25, 0.3) is 0 Å². The average molecular weight is 307 g/mol. The number of nitrogens with one attached hydrogen (secondary N) is 2. The quantitative estimate of drug-likeness (QED) is 0.898. The molecule has 0 unspecified atom stereocenters. The van der Waals surface area contributed by atoms with Crippen LogP contribution in [0.2, 0.25) is 5.02 Å². The largest absolute Gasteiger partial charge is 0.352 e. The highest BCUT2D eigenvalue weighted by Gasteiger charge is 2.14. The first kappa shape index (κ1) is 16.2. The van der Waals surface area contributed by atoms with Gasteiger partial charge in [-0.1, -0.05) is 11.6 Å². The normalized spacial score (nSPS) is 17.9. The maximum absolute atomic E-state index is 12.9. The van der Waals surface area contributed by atoms with Crippen LogP contribution in [-0.2, 0) is 0 Å². The topological polar surface area (TPSA) is 41.1 Å². The molecule has 19 heavy (non-hydrogen) atoms. The zero-order chi connectivity index (χ0) is 13.0. The molecule has 0 aromatic heterocycles. The molecule has 1 saturated heterocycles. The van der Waals surface area contributed by atoms with Crippen molar-refractivity contribution in [1.29, 1.82) is 0 Å². The summed E-state index contributed by atoms with van der Waals surface area (Å²) in [6.07, 6.45) is 3.28. The molecule has 6 heteroatoms. The van der Waals surface area contributed by atoms with Crippen molar-refractivity contribution < 1.29 is 9.18 Å². The Morgan fingerprint density at radius 1 is 1.53 bits per heavy atom. The van der Waals surface area contributed by atoms with Crippen molar-refractivity contribution in [1.82, 2.24) is 10.6 Å². The summed E-state index contributed by atoms with van der Waals surface area (Å²) in [6.45, 7) is 1.68. The molecule has 0 bridgehead atoms. The van der Waals surface area contributed by atoms with Crippen molar-refractivity contribution in [2.75, 3.05) is 13.1 Å². The van der Waals surface area contributed by atoms with E-state index >= 15 is 0 Å². The molecule has 1 atom stereocenters. The average Bonchev–Trinajstić information content (AvgIpc) is 2.85. The third-order valence-corrected chi connectivity index (χ3v) is 3.41. The van der Waals surface area contributed by atoms with Gasteiger partial charge >= 0.3 is 0 Å². The molecule has 3 nitrogen and oxygen atoms in total. The first-order chi connectivity index (χ1) is 8.66. The molecule has 0 saturated carbocycles. The van der Waals surface area contributed by atoms with Gasteiger partial charge in [0.25, 0.3) is 5.91 Å². The molecular formula is C13H17Cl2FN2O. The van der Waals surface area contributed by atoms with Crippen molar-refractivity contribution in [2.24, 2.45) is 0 Å². The van der Waals surface area contributed by atoms with Gasteiger partial charge in [-0.05, 0) is 44.0 Å². The predicted molar refractivity (Wildman–Crippen MR) is 76.6 cm³/mol. The van der Waals surface area contributed by atoms with Gasteiger partial charge in [0.05, 0.1) is 5.02 Å². The molecule has 2 N–H and O–H groups in total. The summed E-state index contributed by atoms with van der Waals surface area (Å²) in [5, 5.41) is 6.15. The summed E-state index contributed by atoms with van der Waals surface area (Å²) >= 11 is 5.63. The summed E-state index contributed by atoms with van der Waals surface area (Å²) in [5.74, 6) is -0.724. The van der Waals surface area contributed by atoms with Crippen LogP contribution in [0.3, 0.4) is 0 Å². The Kier molecular flexibility index (Phi) is 6.55. The van der Waals surface area contributed by atoms with Crippen LogP contribution in [0.1, 0.15) is 29.6 Å². The molecule has 1 aromatic carbocycles. The van der Waals surface area contributed by atoms with E-state index in [0.717, 1.165) is 19.4 Å². The van der Waals surface area contributed by atoms with E-state index in [4.69, 9.17) is 11.6 Å². The first-order valence-corrected chi connectivity index (χ1v) is 6.51. The molecule has 0 spiro atoms. The number of amides is 1. The SMILES string of the molecule is Cl.O=C(NCC[C@H]1CCCN1)c1ccc(F)c(Cl)c1. The molecule has 1 heterocycles. The molecule has 1 aromatic rings. The van der Waals surface area contributed by atoms with Crippen LogP contribution in [0.5, 0.6) is 0 Å². The van der Waals surface area contributed by atoms with Gasteiger partial charge in [-0.2, -0.15) is 0 Å². The van der Waals surface area contributed by atoms with Crippen molar-refractivity contribution >= 4 is 29.9 Å². The van der Waals surface area contributed by atoms with E-state index in [1.165, 1.54) is 24.6 Å². The van der Waals surface area contributed by atoms with Crippen LogP contribution in [0, 0.1) is 5.82 Å². The molecule has 106 valence electrons. The fourth-order valence-corrected chi connectivity index (χ4v) is 2.28. The summed E-state index contributed by atoms with van der Waals surface area (Å²) in [6, 6.07) is 4.49. The van der Waals surface area contributed by atoms with Gasteiger partial charge in [0.15, 0.2) is 0 Å². The van der Waals surface area contributed by atoms with Gasteiger partial charge in [-0.15, -0.1) is 12.4 Å². The predicted octanol–water partition coefficient (Wildman–Crippen LogP) is 2.77. The van der Waals surface area contributed by atoms with Crippen LogP contribution in [-0.4, -0.2) is 25.0 Å². The summed E-state index contributed by atoms with van der Waals surface area (Å²) in [5.41, 5.74) is 0.390. The van der Waals surface area contributed by atoms with E-state index in [9.17, 15) is 9.18 Å². The Morgan fingerprint density at radius 3 is 2.95 bits per heavy atom. The van der Waals surface area contributed by atoms with E-state index in [1.54, 1.807) is 0 Å². The summed E-state index contributed by atoms with van der Waals surface area (Å²) in [4.78, 5) is 11.8. The van der Waals surface area contributed by atoms with Crippen LogP contribution < -0.4 is 10.6 Å². The van der Waals surface area contributed by atoms with Crippen molar-refractivity contribution in [3.05, 3.63) is 34.6 Å². The molecule has 1 aliphatic rings. The second-order valence-electron chi connectivity index (χ2n) is 4.47. The molecule has 1 fully saturated rings. The molecule has 1 amide bonds. The van der Waals surface area contributed by atoms with Gasteiger partial charge in [0.1, 0.15) is 5.82 Å². The van der Waals surface area contributed by atoms with E-state index < -0.39 is 5.82 Å². The molecule has 0 aliphatic carbocycles. The molecular weight excluding hydrogens is 290 g/mol. The zero-order valence-corrected chi connectivity index (χ0v) is 12.0. The minimum atomic E-state index is -0.511. The smallest absolute Gasteiger partial charge is 0.251 e. The van der Waals surface area contributed by atoms with Crippen molar-refractivity contribution in [2.45, 2.75) is 25.3 Å². The third-order valence-electron chi connectivity index (χ3n) is 3.12. The standard InChI is InChI=1S/C13H16ClFN2O.ClH/c14-11-8-9(3-4-12(11)15)13(18)17-7-5-10-2-1-6-16-10;/h3-4,8,10,16H,1-2,5-7H2,(H,17,18);1H/t10-;/m1./s1. The Bertz CT molecular complexity index is 437. The van der Waals surface area contributed by atoms with Crippen molar-refractivity contribution in [3.8, 4) is 0 Å². The monoisotopic (exact) mass is 306 g/mol. The lowest BCUT2D eigenvalue weighted by molar-refractivity contribution is 0.0952. The number of halogens is 3. The minimum Gasteiger partial charge on any atom is -0.352 e. The first-order valence-electron chi connectivity index (χ1n) is 6.13. The zero-order valence-electron chi connectivity index (χ0n) is 10.4. The maximum atomic E-state index is 12.9. The highest BCUT2D eigenvalue weighted by Crippen LogP contribution is 2.16. The molecule has 0 radical (unpaired) electrons. The second-order valence-corrected chi connectivity index (χ2v) is 4.87. The van der Waals surface area contributed by atoms with E-state index in [-0.39, 0.29) is 23.3 Å². The van der Waals surface area contributed by atoms with Crippen LogP contribution in [0.4, 0.5) is 4.39 Å². The van der Waals surface area contributed by atoms with Gasteiger partial charge in [0, 0.05) is 18.2 Å². The second kappa shape index (κ2) is 7.68. The van der Waals surface area contributed by atoms with Gasteiger partial charge in [0.2, 0.25) is 0 Å². The number of rotatable bonds is 4. The van der Waals surface area contributed by atoms with Gasteiger partial charge in [-0.3, -0.25) is 4.79 Å². The number of carbonyl (C=O) groups is 1. The Balaban J connectivity index is 0.00000180. The Morgan fingerprint density at radius 2 is 2.32 bits per heavy atom. The summed E-state index contributed by atoms with van der Waals surface area (Å²) in [7, 11) is 0. The van der Waals surface area contributed by atoms with Gasteiger partial charge < -0.3 is 10.6 Å². The number of hydrogen-bond acceptors (Lipinski definition) is 2. The van der Waals surface area contributed by atoms with Crippen molar-refractivity contribution in [3.63, 3.8) is 0 Å². The molecule has 2 rings (SSSR count). The lowest BCUT2D eigenvalue weighted by Gasteiger charge is -2.10. The minimum absolute atomic E-state index is 0. The number of carbonyl (C=O) groups excluding carboxylic acids is 1. The fraction of sp³-hybridized carbons (Fsp3) is 0.462. The van der Waals surface area contributed by atoms with E-state index in [1.807, 2.05) is 0 Å². The van der Waals surface area contributed by atoms with Crippen LogP contribution >= 0.6 is 24.0 Å². The summed E-state index contributed by atoms with van der Waals surface area (Å²) < 4.78 is 12.9. The third kappa shape index (κ3) is 4.64. The van der Waals surface area contributed by atoms with E-state index in [2.05, 4.69) is 10.6 Å². The highest BCUT2D eigenvalue weighted by molar-refractivity contribution is 6.31. The van der Waals surface area contributed by atoms with Gasteiger partial charge in [-0.25, -0.2) is 4.39 Å². The Hall–Kier alpha value is -0.840. The number of benzene rings is 1. The van der Waals surface area contributed by atoms with Crippen LogP contribution in [0.15, 0.2) is 18.2 Å². The number of hydrogen-bond donors (Lipinski definition) is 2. The molecule has 1 aliphatic heterocycles.